The highest BCUT2D eigenvalue weighted by molar-refractivity contribution is 6.30. The van der Waals surface area contributed by atoms with Gasteiger partial charge in [-0.3, -0.25) is 0 Å². The second-order valence-corrected chi connectivity index (χ2v) is 3.91. The fourth-order valence-electron chi connectivity index (χ4n) is 1.69. The number of halogens is 1. The highest BCUT2D eigenvalue weighted by atomic mass is 35.5. The molecule has 1 aromatic carbocycles. The van der Waals surface area contributed by atoms with Crippen LogP contribution in [0, 0.1) is 0 Å². The number of benzene rings is 1. The zero-order chi connectivity index (χ0) is 9.26. The quantitative estimate of drug-likeness (QED) is 0.743. The fourth-order valence-corrected chi connectivity index (χ4v) is 1.88. The molecule has 0 saturated carbocycles. The standard InChI is InChI=1S/C10H13ClN2/c11-8-2-1-3-10(6-8)13-5-4-9(12)7-13/h1-3,6,9H,4-5,7,12H2/t9-/m1/s1. The number of hydrogen-bond acceptors (Lipinski definition) is 2. The molecule has 0 unspecified atom stereocenters. The minimum Gasteiger partial charge on any atom is -0.370 e. The van der Waals surface area contributed by atoms with Crippen LogP contribution in [0.1, 0.15) is 6.42 Å². The average molecular weight is 197 g/mol. The summed E-state index contributed by atoms with van der Waals surface area (Å²) in [5.41, 5.74) is 7.01. The van der Waals surface area contributed by atoms with E-state index in [0.717, 1.165) is 24.5 Å². The zero-order valence-electron chi connectivity index (χ0n) is 7.41. The van der Waals surface area contributed by atoms with E-state index in [9.17, 15) is 0 Å². The molecule has 0 radical (unpaired) electrons. The molecule has 1 fully saturated rings. The third-order valence-corrected chi connectivity index (χ3v) is 2.63. The highest BCUT2D eigenvalue weighted by Gasteiger charge is 2.18. The lowest BCUT2D eigenvalue weighted by Crippen LogP contribution is -2.26. The molecule has 1 aliphatic rings. The van der Waals surface area contributed by atoms with Crippen molar-refractivity contribution in [2.24, 2.45) is 5.73 Å². The molecular formula is C10H13ClN2. The van der Waals surface area contributed by atoms with Gasteiger partial charge in [-0.15, -0.1) is 0 Å². The van der Waals surface area contributed by atoms with Gasteiger partial charge in [-0.1, -0.05) is 17.7 Å². The fraction of sp³-hybridized carbons (Fsp3) is 0.400. The molecule has 2 nitrogen and oxygen atoms in total. The first-order valence-corrected chi connectivity index (χ1v) is 4.89. The second kappa shape index (κ2) is 3.56. The first-order valence-electron chi connectivity index (χ1n) is 4.52. The summed E-state index contributed by atoms with van der Waals surface area (Å²) >= 11 is 5.90. The largest absolute Gasteiger partial charge is 0.370 e. The summed E-state index contributed by atoms with van der Waals surface area (Å²) in [5, 5.41) is 0.790. The van der Waals surface area contributed by atoms with Crippen LogP contribution in [0.3, 0.4) is 0 Å². The molecule has 1 saturated heterocycles. The minimum atomic E-state index is 0.319. The normalized spacial score (nSPS) is 22.3. The average Bonchev–Trinajstić information content (AvgIpc) is 2.52. The summed E-state index contributed by atoms with van der Waals surface area (Å²) in [6.45, 7) is 1.99. The van der Waals surface area contributed by atoms with Crippen molar-refractivity contribution in [3.05, 3.63) is 29.3 Å². The van der Waals surface area contributed by atoms with Crippen LogP contribution in [0.25, 0.3) is 0 Å². The molecule has 1 aromatic rings. The molecule has 0 aromatic heterocycles. The van der Waals surface area contributed by atoms with Crippen molar-refractivity contribution in [1.29, 1.82) is 0 Å². The van der Waals surface area contributed by atoms with Crippen molar-refractivity contribution >= 4 is 17.3 Å². The van der Waals surface area contributed by atoms with Crippen LogP contribution in [0.4, 0.5) is 5.69 Å². The Morgan fingerprint density at radius 2 is 2.31 bits per heavy atom. The van der Waals surface area contributed by atoms with Gasteiger partial charge >= 0.3 is 0 Å². The van der Waals surface area contributed by atoms with Gasteiger partial charge in [0.15, 0.2) is 0 Å². The molecule has 1 heterocycles. The van der Waals surface area contributed by atoms with Gasteiger partial charge in [0.25, 0.3) is 0 Å². The highest BCUT2D eigenvalue weighted by Crippen LogP contribution is 2.22. The van der Waals surface area contributed by atoms with Crippen LogP contribution in [-0.2, 0) is 0 Å². The Balaban J connectivity index is 2.16. The number of hydrogen-bond donors (Lipinski definition) is 1. The Hall–Kier alpha value is -0.730. The number of anilines is 1. The minimum absolute atomic E-state index is 0.319. The van der Waals surface area contributed by atoms with Crippen LogP contribution in [0.5, 0.6) is 0 Å². The zero-order valence-corrected chi connectivity index (χ0v) is 8.17. The van der Waals surface area contributed by atoms with E-state index < -0.39 is 0 Å². The molecule has 1 aliphatic heterocycles. The van der Waals surface area contributed by atoms with Gasteiger partial charge in [-0.05, 0) is 24.6 Å². The first kappa shape index (κ1) is 8.85. The second-order valence-electron chi connectivity index (χ2n) is 3.47. The van der Waals surface area contributed by atoms with Crippen molar-refractivity contribution in [2.45, 2.75) is 12.5 Å². The van der Waals surface area contributed by atoms with Crippen molar-refractivity contribution in [2.75, 3.05) is 18.0 Å². The smallest absolute Gasteiger partial charge is 0.0426 e. The summed E-state index contributed by atoms with van der Waals surface area (Å²) in [6.07, 6.45) is 1.08. The van der Waals surface area contributed by atoms with Crippen molar-refractivity contribution in [3.8, 4) is 0 Å². The number of rotatable bonds is 1. The van der Waals surface area contributed by atoms with Crippen LogP contribution in [-0.4, -0.2) is 19.1 Å². The van der Waals surface area contributed by atoms with Gasteiger partial charge in [0.05, 0.1) is 0 Å². The lowest BCUT2D eigenvalue weighted by Gasteiger charge is -2.17. The van der Waals surface area contributed by atoms with Gasteiger partial charge in [0.1, 0.15) is 0 Å². The third kappa shape index (κ3) is 1.95. The first-order chi connectivity index (χ1) is 6.25. The van der Waals surface area contributed by atoms with Gasteiger partial charge in [0.2, 0.25) is 0 Å². The summed E-state index contributed by atoms with van der Waals surface area (Å²) in [6, 6.07) is 8.24. The molecule has 2 rings (SSSR count). The van der Waals surface area contributed by atoms with E-state index in [-0.39, 0.29) is 0 Å². The van der Waals surface area contributed by atoms with Gasteiger partial charge in [-0.25, -0.2) is 0 Å². The molecule has 13 heavy (non-hydrogen) atoms. The van der Waals surface area contributed by atoms with E-state index in [1.54, 1.807) is 0 Å². The topological polar surface area (TPSA) is 29.3 Å². The molecule has 3 heteroatoms. The molecule has 0 aliphatic carbocycles. The lowest BCUT2D eigenvalue weighted by molar-refractivity contribution is 0.752. The van der Waals surface area contributed by atoms with E-state index in [2.05, 4.69) is 11.0 Å². The van der Waals surface area contributed by atoms with E-state index in [1.807, 2.05) is 18.2 Å². The van der Waals surface area contributed by atoms with E-state index >= 15 is 0 Å². The Morgan fingerprint density at radius 3 is 2.92 bits per heavy atom. The predicted octanol–water partition coefficient (Wildman–Crippen LogP) is 1.88. The molecule has 0 bridgehead atoms. The van der Waals surface area contributed by atoms with Crippen molar-refractivity contribution in [1.82, 2.24) is 0 Å². The summed E-state index contributed by atoms with van der Waals surface area (Å²) in [5.74, 6) is 0. The van der Waals surface area contributed by atoms with Crippen LogP contribution >= 0.6 is 11.6 Å². The van der Waals surface area contributed by atoms with E-state index in [0.29, 0.717) is 6.04 Å². The van der Waals surface area contributed by atoms with Crippen LogP contribution in [0.2, 0.25) is 5.02 Å². The Morgan fingerprint density at radius 1 is 1.46 bits per heavy atom. The van der Waals surface area contributed by atoms with E-state index in [4.69, 9.17) is 17.3 Å². The van der Waals surface area contributed by atoms with Crippen LogP contribution < -0.4 is 10.6 Å². The molecular weight excluding hydrogens is 184 g/mol. The van der Waals surface area contributed by atoms with Crippen molar-refractivity contribution < 1.29 is 0 Å². The summed E-state index contributed by atoms with van der Waals surface area (Å²) in [7, 11) is 0. The van der Waals surface area contributed by atoms with Gasteiger partial charge in [0, 0.05) is 29.8 Å². The Labute approximate surface area is 83.3 Å². The Kier molecular flexibility index (Phi) is 2.42. The Bertz CT molecular complexity index is 301. The molecule has 70 valence electrons. The maximum Gasteiger partial charge on any atom is 0.0426 e. The number of nitrogens with two attached hydrogens (primary N) is 1. The predicted molar refractivity (Wildman–Crippen MR) is 56.3 cm³/mol. The maximum absolute atomic E-state index is 5.90. The monoisotopic (exact) mass is 196 g/mol. The van der Waals surface area contributed by atoms with Crippen molar-refractivity contribution in [3.63, 3.8) is 0 Å². The molecule has 0 spiro atoms. The molecule has 1 atom stereocenters. The summed E-state index contributed by atoms with van der Waals surface area (Å²) in [4.78, 5) is 2.27. The molecule has 2 N–H and O–H groups in total. The number of nitrogens with zero attached hydrogens (tertiary/aromatic N) is 1. The third-order valence-electron chi connectivity index (χ3n) is 2.40. The maximum atomic E-state index is 5.90. The van der Waals surface area contributed by atoms with E-state index in [1.165, 1.54) is 5.69 Å². The summed E-state index contributed by atoms with van der Waals surface area (Å²) < 4.78 is 0. The van der Waals surface area contributed by atoms with Crippen LogP contribution in [0.15, 0.2) is 24.3 Å². The van der Waals surface area contributed by atoms with Gasteiger partial charge in [-0.2, -0.15) is 0 Å². The SMILES string of the molecule is N[C@@H]1CCN(c2cccc(Cl)c2)C1. The lowest BCUT2D eigenvalue weighted by atomic mass is 10.3. The molecule has 0 amide bonds. The van der Waals surface area contributed by atoms with Gasteiger partial charge < -0.3 is 10.6 Å².